The molecule has 27 heavy (non-hydrogen) atoms. The second-order valence-electron chi connectivity index (χ2n) is 7.77. The molecular formula is C22H29N3O2. The first-order valence-electron chi connectivity index (χ1n) is 10.2. The zero-order valence-corrected chi connectivity index (χ0v) is 15.9. The van der Waals surface area contributed by atoms with Crippen LogP contribution >= 0.6 is 0 Å². The standard InChI is InChI=1S/C22H29N3O2/c26-22(23-27)11-9-17-8-10-21-19(16-17)18-6-2-3-7-20(18)25(21)15-14-24-12-4-1-5-13-24/h8-11,16,27H,1-7,12-15H2,(H,23,26). The topological polar surface area (TPSA) is 57.5 Å². The van der Waals surface area contributed by atoms with E-state index >= 15 is 0 Å². The predicted molar refractivity (Wildman–Crippen MR) is 108 cm³/mol. The zero-order valence-electron chi connectivity index (χ0n) is 15.9. The van der Waals surface area contributed by atoms with Crippen LogP contribution in [0.25, 0.3) is 17.0 Å². The molecule has 144 valence electrons. The molecule has 1 aromatic carbocycles. The summed E-state index contributed by atoms with van der Waals surface area (Å²) in [5.41, 5.74) is 6.97. The molecule has 0 radical (unpaired) electrons. The van der Waals surface area contributed by atoms with Crippen molar-refractivity contribution in [2.24, 2.45) is 0 Å². The van der Waals surface area contributed by atoms with Gasteiger partial charge in [0.15, 0.2) is 0 Å². The Hall–Kier alpha value is -2.11. The van der Waals surface area contributed by atoms with E-state index in [-0.39, 0.29) is 0 Å². The Morgan fingerprint density at radius 1 is 1.07 bits per heavy atom. The van der Waals surface area contributed by atoms with Gasteiger partial charge in [-0.25, -0.2) is 5.48 Å². The van der Waals surface area contributed by atoms with Gasteiger partial charge in [0.05, 0.1) is 0 Å². The van der Waals surface area contributed by atoms with E-state index in [1.165, 1.54) is 79.9 Å². The molecule has 1 amide bonds. The zero-order chi connectivity index (χ0) is 18.6. The summed E-state index contributed by atoms with van der Waals surface area (Å²) in [6.45, 7) is 4.68. The second kappa shape index (κ2) is 8.28. The van der Waals surface area contributed by atoms with Crippen LogP contribution in [0.3, 0.4) is 0 Å². The van der Waals surface area contributed by atoms with Crippen molar-refractivity contribution in [3.05, 3.63) is 41.1 Å². The van der Waals surface area contributed by atoms with E-state index in [2.05, 4.69) is 27.7 Å². The molecule has 1 aromatic heterocycles. The maximum atomic E-state index is 11.3. The normalized spacial score (nSPS) is 18.1. The van der Waals surface area contributed by atoms with Gasteiger partial charge in [-0.05, 0) is 81.0 Å². The number of nitrogens with one attached hydrogen (secondary N) is 1. The van der Waals surface area contributed by atoms with Crippen LogP contribution in [0.15, 0.2) is 24.3 Å². The fourth-order valence-corrected chi connectivity index (χ4v) is 4.65. The van der Waals surface area contributed by atoms with Crippen LogP contribution in [0.1, 0.15) is 48.9 Å². The van der Waals surface area contributed by atoms with Crippen molar-refractivity contribution in [3.8, 4) is 0 Å². The lowest BCUT2D eigenvalue weighted by Gasteiger charge is -2.27. The van der Waals surface area contributed by atoms with Gasteiger partial charge in [-0.1, -0.05) is 12.5 Å². The minimum absolute atomic E-state index is 0.503. The maximum Gasteiger partial charge on any atom is 0.267 e. The minimum atomic E-state index is -0.503. The van der Waals surface area contributed by atoms with E-state index in [0.717, 1.165) is 25.1 Å². The molecule has 1 fully saturated rings. The summed E-state index contributed by atoms with van der Waals surface area (Å²) in [6.07, 6.45) is 12.0. The second-order valence-corrected chi connectivity index (χ2v) is 7.77. The van der Waals surface area contributed by atoms with Gasteiger partial charge in [0.2, 0.25) is 0 Å². The molecule has 0 spiro atoms. The van der Waals surface area contributed by atoms with Crippen molar-refractivity contribution >= 4 is 22.9 Å². The average molecular weight is 367 g/mol. The molecule has 2 N–H and O–H groups in total. The summed E-state index contributed by atoms with van der Waals surface area (Å²) in [5, 5.41) is 9.98. The number of carbonyl (C=O) groups excluding carboxylic acids is 1. The number of aryl methyl sites for hydroxylation is 1. The third-order valence-electron chi connectivity index (χ3n) is 6.03. The number of amides is 1. The number of piperidine rings is 1. The summed E-state index contributed by atoms with van der Waals surface area (Å²) >= 11 is 0. The smallest absolute Gasteiger partial charge is 0.267 e. The van der Waals surface area contributed by atoms with Gasteiger partial charge in [0, 0.05) is 35.8 Å². The van der Waals surface area contributed by atoms with Crippen LogP contribution in [0.4, 0.5) is 0 Å². The molecule has 0 bridgehead atoms. The highest BCUT2D eigenvalue weighted by Crippen LogP contribution is 2.33. The molecule has 1 saturated heterocycles. The molecule has 1 aliphatic carbocycles. The van der Waals surface area contributed by atoms with Crippen LogP contribution in [0.5, 0.6) is 0 Å². The lowest BCUT2D eigenvalue weighted by molar-refractivity contribution is -0.124. The lowest BCUT2D eigenvalue weighted by atomic mass is 9.95. The van der Waals surface area contributed by atoms with Crippen molar-refractivity contribution in [2.45, 2.75) is 51.5 Å². The molecule has 2 heterocycles. The summed E-state index contributed by atoms with van der Waals surface area (Å²) < 4.78 is 2.55. The molecule has 5 heteroatoms. The fourth-order valence-electron chi connectivity index (χ4n) is 4.65. The largest absolute Gasteiger partial charge is 0.343 e. The molecule has 0 atom stereocenters. The van der Waals surface area contributed by atoms with Gasteiger partial charge in [-0.15, -0.1) is 0 Å². The highest BCUT2D eigenvalue weighted by Gasteiger charge is 2.20. The van der Waals surface area contributed by atoms with E-state index in [9.17, 15) is 4.79 Å². The van der Waals surface area contributed by atoms with Gasteiger partial charge < -0.3 is 9.47 Å². The first-order valence-corrected chi connectivity index (χ1v) is 10.2. The van der Waals surface area contributed by atoms with E-state index in [4.69, 9.17) is 5.21 Å². The number of benzene rings is 1. The monoisotopic (exact) mass is 367 g/mol. The molecule has 4 rings (SSSR count). The van der Waals surface area contributed by atoms with Gasteiger partial charge in [0.25, 0.3) is 5.91 Å². The number of nitrogens with zero attached hydrogens (tertiary/aromatic N) is 2. The number of aromatic nitrogens is 1. The molecule has 2 aromatic rings. The summed E-state index contributed by atoms with van der Waals surface area (Å²) in [4.78, 5) is 13.9. The van der Waals surface area contributed by atoms with Crippen molar-refractivity contribution in [2.75, 3.05) is 19.6 Å². The molecule has 1 aliphatic heterocycles. The van der Waals surface area contributed by atoms with E-state index in [1.807, 2.05) is 0 Å². The summed E-state index contributed by atoms with van der Waals surface area (Å²) in [5.74, 6) is -0.503. The number of carbonyl (C=O) groups is 1. The first-order chi connectivity index (χ1) is 13.3. The molecular weight excluding hydrogens is 338 g/mol. The Morgan fingerprint density at radius 2 is 1.89 bits per heavy atom. The molecule has 5 nitrogen and oxygen atoms in total. The Bertz CT molecular complexity index is 847. The van der Waals surface area contributed by atoms with Crippen LogP contribution in [0.2, 0.25) is 0 Å². The molecule has 0 unspecified atom stereocenters. The Morgan fingerprint density at radius 3 is 2.70 bits per heavy atom. The average Bonchev–Trinajstić information content (AvgIpc) is 3.04. The number of hydrogen-bond donors (Lipinski definition) is 2. The van der Waals surface area contributed by atoms with Gasteiger partial charge in [-0.2, -0.15) is 0 Å². The van der Waals surface area contributed by atoms with Gasteiger partial charge in [-0.3, -0.25) is 10.0 Å². The predicted octanol–water partition coefficient (Wildman–Crippen LogP) is 3.52. The van der Waals surface area contributed by atoms with Crippen molar-refractivity contribution < 1.29 is 10.0 Å². The fraction of sp³-hybridized carbons (Fsp3) is 0.500. The summed E-state index contributed by atoms with van der Waals surface area (Å²) in [6, 6.07) is 6.45. The van der Waals surface area contributed by atoms with Crippen molar-refractivity contribution in [1.82, 2.24) is 14.9 Å². The van der Waals surface area contributed by atoms with Crippen LogP contribution in [-0.4, -0.2) is 40.2 Å². The van der Waals surface area contributed by atoms with Crippen LogP contribution < -0.4 is 5.48 Å². The molecule has 0 saturated carbocycles. The number of hydroxylamine groups is 1. The first kappa shape index (κ1) is 18.3. The van der Waals surface area contributed by atoms with Crippen molar-refractivity contribution in [3.63, 3.8) is 0 Å². The van der Waals surface area contributed by atoms with Gasteiger partial charge in [0.1, 0.15) is 0 Å². The number of fused-ring (bicyclic) bond motifs is 3. The maximum absolute atomic E-state index is 11.3. The van der Waals surface area contributed by atoms with Crippen LogP contribution in [-0.2, 0) is 24.2 Å². The number of likely N-dealkylation sites (tertiary alicyclic amines) is 1. The lowest BCUT2D eigenvalue weighted by Crippen LogP contribution is -2.32. The SMILES string of the molecule is O=C(C=Cc1ccc2c(c1)c1c(n2CCN2CCCCC2)CCCC1)NO. The Kier molecular flexibility index (Phi) is 5.60. The Labute approximate surface area is 160 Å². The highest BCUT2D eigenvalue weighted by atomic mass is 16.5. The highest BCUT2D eigenvalue weighted by molar-refractivity contribution is 5.93. The quantitative estimate of drug-likeness (QED) is 0.483. The Balaban J connectivity index is 1.64. The minimum Gasteiger partial charge on any atom is -0.343 e. The number of rotatable bonds is 5. The van der Waals surface area contributed by atoms with E-state index in [0.29, 0.717) is 0 Å². The van der Waals surface area contributed by atoms with E-state index < -0.39 is 5.91 Å². The van der Waals surface area contributed by atoms with Gasteiger partial charge >= 0.3 is 0 Å². The van der Waals surface area contributed by atoms with E-state index in [1.54, 1.807) is 11.6 Å². The van der Waals surface area contributed by atoms with Crippen LogP contribution in [0, 0.1) is 0 Å². The molecule has 2 aliphatic rings. The van der Waals surface area contributed by atoms with Crippen molar-refractivity contribution in [1.29, 1.82) is 0 Å². The number of hydrogen-bond acceptors (Lipinski definition) is 3. The third kappa shape index (κ3) is 3.94. The summed E-state index contributed by atoms with van der Waals surface area (Å²) in [7, 11) is 0. The third-order valence-corrected chi connectivity index (χ3v) is 6.03.